The third-order valence-electron chi connectivity index (χ3n) is 2.43. The zero-order valence-corrected chi connectivity index (χ0v) is 11.1. The predicted molar refractivity (Wildman–Crippen MR) is 75.3 cm³/mol. The molecule has 0 radical (unpaired) electrons. The molecule has 3 nitrogen and oxygen atoms in total. The van der Waals surface area contributed by atoms with Gasteiger partial charge in [0.25, 0.3) is 0 Å². The molecule has 19 heavy (non-hydrogen) atoms. The molecule has 0 atom stereocenters. The van der Waals surface area contributed by atoms with Crippen molar-refractivity contribution in [3.8, 4) is 0 Å². The van der Waals surface area contributed by atoms with Crippen LogP contribution in [0.5, 0.6) is 0 Å². The van der Waals surface area contributed by atoms with Gasteiger partial charge in [0.2, 0.25) is 0 Å². The first-order chi connectivity index (χ1) is 9.16. The topological polar surface area (TPSA) is 38.7 Å². The smallest absolute Gasteiger partial charge is 0.318 e. The fraction of sp³-hybridized carbons (Fsp3) is 0.0667. The average Bonchev–Trinajstić information content (AvgIpc) is 2.42. The Labute approximate surface area is 116 Å². The van der Waals surface area contributed by atoms with Gasteiger partial charge in [-0.15, -0.1) is 0 Å². The molecular weight excluding hydrogens is 262 g/mol. The highest BCUT2D eigenvalue weighted by Crippen LogP contribution is 2.15. The zero-order valence-electron chi connectivity index (χ0n) is 10.3. The van der Waals surface area contributed by atoms with E-state index in [2.05, 4.69) is 5.16 Å². The molecule has 0 amide bonds. The zero-order chi connectivity index (χ0) is 13.7. The molecule has 0 aliphatic heterocycles. The number of oxime groups is 1. The van der Waals surface area contributed by atoms with Crippen molar-refractivity contribution in [2.24, 2.45) is 5.16 Å². The second kappa shape index (κ2) is 6.16. The van der Waals surface area contributed by atoms with Crippen molar-refractivity contribution in [1.29, 1.82) is 0 Å². The second-order valence-electron chi connectivity index (χ2n) is 3.90. The highest BCUT2D eigenvalue weighted by molar-refractivity contribution is 6.30. The van der Waals surface area contributed by atoms with E-state index in [0.29, 0.717) is 10.7 Å². The van der Waals surface area contributed by atoms with Gasteiger partial charge in [0.05, 0.1) is 0 Å². The lowest BCUT2D eigenvalue weighted by atomic mass is 10.0. The van der Waals surface area contributed by atoms with Crippen LogP contribution < -0.4 is 0 Å². The van der Waals surface area contributed by atoms with Crippen molar-refractivity contribution in [3.05, 3.63) is 70.7 Å². The van der Waals surface area contributed by atoms with Gasteiger partial charge in [-0.3, -0.25) is 0 Å². The quantitative estimate of drug-likeness (QED) is 0.486. The standard InChI is InChI=1S/C15H12ClNO2/c1-11(18)19-17-15(12-5-3-2-4-6-12)13-7-9-14(16)10-8-13/h2-10H,1H3/b17-15+. The van der Waals surface area contributed by atoms with E-state index < -0.39 is 5.97 Å². The van der Waals surface area contributed by atoms with Crippen molar-refractivity contribution >= 4 is 23.3 Å². The maximum Gasteiger partial charge on any atom is 0.332 e. The molecule has 4 heteroatoms. The molecule has 2 aromatic rings. The van der Waals surface area contributed by atoms with Crippen LogP contribution in [0.2, 0.25) is 5.02 Å². The van der Waals surface area contributed by atoms with Gasteiger partial charge in [-0.1, -0.05) is 59.2 Å². The molecule has 0 heterocycles. The molecule has 0 spiro atoms. The Kier molecular flexibility index (Phi) is 4.31. The van der Waals surface area contributed by atoms with Crippen LogP contribution in [-0.2, 0) is 9.63 Å². The summed E-state index contributed by atoms with van der Waals surface area (Å²) < 4.78 is 0. The van der Waals surface area contributed by atoms with Crippen LogP contribution in [0, 0.1) is 0 Å². The maximum atomic E-state index is 10.9. The number of rotatable bonds is 3. The Bertz CT molecular complexity index is 591. The van der Waals surface area contributed by atoms with Gasteiger partial charge in [0.15, 0.2) is 0 Å². The summed E-state index contributed by atoms with van der Waals surface area (Å²) in [5.74, 6) is -0.456. The minimum absolute atomic E-state index is 0.456. The molecular formula is C15H12ClNO2. The molecule has 96 valence electrons. The van der Waals surface area contributed by atoms with Gasteiger partial charge in [0, 0.05) is 23.1 Å². The van der Waals surface area contributed by atoms with Crippen molar-refractivity contribution in [2.75, 3.05) is 0 Å². The number of benzene rings is 2. The summed E-state index contributed by atoms with van der Waals surface area (Å²) in [4.78, 5) is 15.7. The minimum Gasteiger partial charge on any atom is -0.318 e. The molecule has 0 aliphatic rings. The Hall–Kier alpha value is -2.13. The molecule has 0 fully saturated rings. The number of carbonyl (C=O) groups excluding carboxylic acids is 1. The lowest BCUT2D eigenvalue weighted by Crippen LogP contribution is -2.05. The third-order valence-corrected chi connectivity index (χ3v) is 2.68. The Balaban J connectivity index is 2.43. The predicted octanol–water partition coefficient (Wildman–Crippen LogP) is 3.66. The summed E-state index contributed by atoms with van der Waals surface area (Å²) in [7, 11) is 0. The molecule has 0 saturated heterocycles. The summed E-state index contributed by atoms with van der Waals surface area (Å²) in [6.45, 7) is 1.31. The summed E-state index contributed by atoms with van der Waals surface area (Å²) in [5, 5.41) is 4.56. The molecule has 0 aliphatic carbocycles. The van der Waals surface area contributed by atoms with E-state index in [1.165, 1.54) is 6.92 Å². The van der Waals surface area contributed by atoms with Crippen LogP contribution in [0.3, 0.4) is 0 Å². The SMILES string of the molecule is CC(=O)O/N=C(\c1ccccc1)c1ccc(Cl)cc1. The van der Waals surface area contributed by atoms with E-state index in [1.54, 1.807) is 12.1 Å². The molecule has 0 bridgehead atoms. The summed E-state index contributed by atoms with van der Waals surface area (Å²) in [6, 6.07) is 16.7. The molecule has 2 rings (SSSR count). The minimum atomic E-state index is -0.456. The highest BCUT2D eigenvalue weighted by atomic mass is 35.5. The monoisotopic (exact) mass is 273 g/mol. The number of halogens is 1. The Morgan fingerprint density at radius 1 is 1.00 bits per heavy atom. The van der Waals surface area contributed by atoms with Gasteiger partial charge in [-0.25, -0.2) is 4.79 Å². The molecule has 2 aromatic carbocycles. The number of hydrogen-bond donors (Lipinski definition) is 0. The maximum absolute atomic E-state index is 10.9. The summed E-state index contributed by atoms with van der Waals surface area (Å²) in [6.07, 6.45) is 0. The second-order valence-corrected chi connectivity index (χ2v) is 4.33. The Morgan fingerprint density at radius 3 is 2.16 bits per heavy atom. The van der Waals surface area contributed by atoms with E-state index in [9.17, 15) is 4.79 Å². The first-order valence-corrected chi connectivity index (χ1v) is 6.11. The van der Waals surface area contributed by atoms with E-state index in [0.717, 1.165) is 11.1 Å². The highest BCUT2D eigenvalue weighted by Gasteiger charge is 2.08. The van der Waals surface area contributed by atoms with Crippen molar-refractivity contribution < 1.29 is 9.63 Å². The number of nitrogens with zero attached hydrogens (tertiary/aromatic N) is 1. The summed E-state index contributed by atoms with van der Waals surface area (Å²) >= 11 is 5.86. The third kappa shape index (κ3) is 3.66. The van der Waals surface area contributed by atoms with Gasteiger partial charge in [-0.2, -0.15) is 0 Å². The first kappa shape index (κ1) is 13.3. The van der Waals surface area contributed by atoms with Gasteiger partial charge < -0.3 is 4.84 Å². The van der Waals surface area contributed by atoms with E-state index >= 15 is 0 Å². The normalized spacial score (nSPS) is 11.2. The lowest BCUT2D eigenvalue weighted by Gasteiger charge is -2.06. The number of hydrogen-bond acceptors (Lipinski definition) is 3. The van der Waals surface area contributed by atoms with Crippen molar-refractivity contribution in [3.63, 3.8) is 0 Å². The van der Waals surface area contributed by atoms with Gasteiger partial charge in [-0.05, 0) is 12.1 Å². The summed E-state index contributed by atoms with van der Waals surface area (Å²) in [5.41, 5.74) is 2.29. The van der Waals surface area contributed by atoms with Crippen LogP contribution in [0.4, 0.5) is 0 Å². The molecule has 0 saturated carbocycles. The van der Waals surface area contributed by atoms with E-state index in [-0.39, 0.29) is 0 Å². The largest absolute Gasteiger partial charge is 0.332 e. The van der Waals surface area contributed by atoms with Crippen molar-refractivity contribution in [1.82, 2.24) is 0 Å². The van der Waals surface area contributed by atoms with Gasteiger partial charge >= 0.3 is 5.97 Å². The number of carbonyl (C=O) groups is 1. The fourth-order valence-corrected chi connectivity index (χ4v) is 1.71. The lowest BCUT2D eigenvalue weighted by molar-refractivity contribution is -0.140. The molecule has 0 aromatic heterocycles. The molecule has 0 unspecified atom stereocenters. The van der Waals surface area contributed by atoms with E-state index in [1.807, 2.05) is 42.5 Å². The van der Waals surface area contributed by atoms with Gasteiger partial charge in [0.1, 0.15) is 5.71 Å². The molecule has 0 N–H and O–H groups in total. The van der Waals surface area contributed by atoms with Crippen LogP contribution >= 0.6 is 11.6 Å². The van der Waals surface area contributed by atoms with Crippen LogP contribution in [0.1, 0.15) is 18.1 Å². The van der Waals surface area contributed by atoms with Crippen LogP contribution in [0.25, 0.3) is 0 Å². The van der Waals surface area contributed by atoms with E-state index in [4.69, 9.17) is 16.4 Å². The van der Waals surface area contributed by atoms with Crippen LogP contribution in [-0.4, -0.2) is 11.7 Å². The van der Waals surface area contributed by atoms with Crippen molar-refractivity contribution in [2.45, 2.75) is 6.92 Å². The Morgan fingerprint density at radius 2 is 1.58 bits per heavy atom. The first-order valence-electron chi connectivity index (χ1n) is 5.74. The van der Waals surface area contributed by atoms with Crippen LogP contribution in [0.15, 0.2) is 59.8 Å². The fourth-order valence-electron chi connectivity index (χ4n) is 1.59. The average molecular weight is 274 g/mol.